The second kappa shape index (κ2) is 7.90. The molecule has 0 aromatic rings. The van der Waals surface area contributed by atoms with E-state index in [4.69, 9.17) is 16.7 Å². The quantitative estimate of drug-likeness (QED) is 0.502. The molecule has 0 saturated heterocycles. The molecule has 0 aromatic carbocycles. The van der Waals surface area contributed by atoms with E-state index in [1.54, 1.807) is 12.2 Å². The third-order valence-electron chi connectivity index (χ3n) is 1.59. The topological polar surface area (TPSA) is 23.5 Å². The lowest BCUT2D eigenvalue weighted by molar-refractivity contribution is 0.235. The zero-order chi connectivity index (χ0) is 10.1. The third-order valence-corrected chi connectivity index (χ3v) is 1.76. The summed E-state index contributed by atoms with van der Waals surface area (Å²) in [6, 6.07) is 0. The second-order valence-corrected chi connectivity index (χ2v) is 2.81. The van der Waals surface area contributed by atoms with Gasteiger partial charge in [0.2, 0.25) is 0 Å². The summed E-state index contributed by atoms with van der Waals surface area (Å²) in [5, 5.41) is 8.80. The van der Waals surface area contributed by atoms with Crippen molar-refractivity contribution in [2.24, 2.45) is 0 Å². The highest BCUT2D eigenvalue weighted by Gasteiger charge is 2.03. The molecule has 0 saturated carbocycles. The Morgan fingerprint density at radius 2 is 2.08 bits per heavy atom. The lowest BCUT2D eigenvalue weighted by Gasteiger charge is -2.23. The van der Waals surface area contributed by atoms with E-state index in [1.165, 1.54) is 0 Å². The Bertz CT molecular complexity index is 183. The lowest BCUT2D eigenvalue weighted by Crippen LogP contribution is -2.27. The van der Waals surface area contributed by atoms with Crippen LogP contribution < -0.4 is 0 Å². The van der Waals surface area contributed by atoms with Gasteiger partial charge in [0.15, 0.2) is 0 Å². The van der Waals surface area contributed by atoms with Gasteiger partial charge in [-0.2, -0.15) is 0 Å². The summed E-state index contributed by atoms with van der Waals surface area (Å²) < 4.78 is 0. The van der Waals surface area contributed by atoms with E-state index < -0.39 is 0 Å². The van der Waals surface area contributed by atoms with Gasteiger partial charge in [-0.1, -0.05) is 19.2 Å². The molecule has 0 fully saturated rings. The Labute approximate surface area is 84.8 Å². The lowest BCUT2D eigenvalue weighted by atomic mass is 10.3. The van der Waals surface area contributed by atoms with E-state index in [1.807, 2.05) is 11.0 Å². The molecule has 0 amide bonds. The van der Waals surface area contributed by atoms with Crippen LogP contribution in [0.2, 0.25) is 0 Å². The van der Waals surface area contributed by atoms with Crippen molar-refractivity contribution in [2.45, 2.75) is 0 Å². The molecule has 0 bridgehead atoms. The van der Waals surface area contributed by atoms with E-state index in [2.05, 4.69) is 13.2 Å². The normalized spacial score (nSPS) is 11.1. The van der Waals surface area contributed by atoms with Crippen LogP contribution in [0.5, 0.6) is 0 Å². The van der Waals surface area contributed by atoms with Gasteiger partial charge in [0.05, 0.1) is 6.61 Å². The first kappa shape index (κ1) is 12.3. The Hall–Kier alpha value is -0.730. The van der Waals surface area contributed by atoms with Crippen LogP contribution in [0, 0.1) is 0 Å². The van der Waals surface area contributed by atoms with Crippen LogP contribution >= 0.6 is 11.6 Å². The maximum absolute atomic E-state index is 8.80. The van der Waals surface area contributed by atoms with Gasteiger partial charge < -0.3 is 10.0 Å². The standard InChI is InChI=1S/C10H16ClNO/c1-3-5-10(4-2)12(7-6-11)8-9-13/h3-5,13H,1-2,6-9H2. The highest BCUT2D eigenvalue weighted by molar-refractivity contribution is 6.18. The molecule has 0 spiro atoms. The van der Waals surface area contributed by atoms with E-state index in [0.717, 1.165) is 5.70 Å². The minimum absolute atomic E-state index is 0.110. The van der Waals surface area contributed by atoms with Crippen molar-refractivity contribution in [3.05, 3.63) is 37.1 Å². The first-order valence-corrected chi connectivity index (χ1v) is 4.70. The third kappa shape index (κ3) is 4.76. The van der Waals surface area contributed by atoms with Crippen molar-refractivity contribution in [1.29, 1.82) is 0 Å². The minimum Gasteiger partial charge on any atom is -0.395 e. The van der Waals surface area contributed by atoms with Gasteiger partial charge in [-0.15, -0.1) is 11.6 Å². The summed E-state index contributed by atoms with van der Waals surface area (Å²) in [5.41, 5.74) is 0.935. The number of halogens is 1. The molecule has 2 nitrogen and oxygen atoms in total. The van der Waals surface area contributed by atoms with Crippen molar-refractivity contribution in [3.8, 4) is 0 Å². The molecule has 3 heteroatoms. The molecule has 0 aliphatic rings. The summed E-state index contributed by atoms with van der Waals surface area (Å²) in [5.74, 6) is 0.530. The van der Waals surface area contributed by atoms with Gasteiger partial charge in [0.25, 0.3) is 0 Å². The second-order valence-electron chi connectivity index (χ2n) is 2.43. The molecule has 0 radical (unpaired) electrons. The number of allylic oxidation sites excluding steroid dienone is 3. The van der Waals surface area contributed by atoms with E-state index in [0.29, 0.717) is 19.0 Å². The van der Waals surface area contributed by atoms with Gasteiger partial charge in [-0.05, 0) is 12.2 Å². The molecule has 0 rings (SSSR count). The molecule has 0 aliphatic carbocycles. The van der Waals surface area contributed by atoms with Crippen molar-refractivity contribution >= 4 is 11.6 Å². The summed E-state index contributed by atoms with van der Waals surface area (Å²) >= 11 is 5.62. The summed E-state index contributed by atoms with van der Waals surface area (Å²) in [6.45, 7) is 8.67. The number of hydrogen-bond donors (Lipinski definition) is 1. The molecule has 1 N–H and O–H groups in total. The average Bonchev–Trinajstić information content (AvgIpc) is 2.14. The smallest absolute Gasteiger partial charge is 0.0606 e. The first-order chi connectivity index (χ1) is 6.29. The van der Waals surface area contributed by atoms with E-state index in [-0.39, 0.29) is 6.61 Å². The van der Waals surface area contributed by atoms with Crippen molar-refractivity contribution in [1.82, 2.24) is 4.90 Å². The van der Waals surface area contributed by atoms with Gasteiger partial charge in [0.1, 0.15) is 0 Å². The van der Waals surface area contributed by atoms with Crippen LogP contribution in [0.3, 0.4) is 0 Å². The van der Waals surface area contributed by atoms with Crippen LogP contribution in [0.1, 0.15) is 0 Å². The fourth-order valence-electron chi connectivity index (χ4n) is 1.02. The van der Waals surface area contributed by atoms with E-state index >= 15 is 0 Å². The Morgan fingerprint density at radius 3 is 2.46 bits per heavy atom. The van der Waals surface area contributed by atoms with Crippen LogP contribution in [0.25, 0.3) is 0 Å². The predicted molar refractivity (Wildman–Crippen MR) is 57.9 cm³/mol. The van der Waals surface area contributed by atoms with Crippen LogP contribution in [-0.4, -0.2) is 35.6 Å². The number of rotatable bonds is 7. The Balaban J connectivity index is 4.37. The maximum Gasteiger partial charge on any atom is 0.0606 e. The van der Waals surface area contributed by atoms with Gasteiger partial charge in [0, 0.05) is 24.7 Å². The molecule has 74 valence electrons. The zero-order valence-electron chi connectivity index (χ0n) is 7.75. The number of hydrogen-bond acceptors (Lipinski definition) is 2. The van der Waals surface area contributed by atoms with Crippen molar-refractivity contribution < 1.29 is 5.11 Å². The monoisotopic (exact) mass is 201 g/mol. The van der Waals surface area contributed by atoms with Gasteiger partial charge >= 0.3 is 0 Å². The Morgan fingerprint density at radius 1 is 1.38 bits per heavy atom. The molecule has 0 unspecified atom stereocenters. The Kier molecular flexibility index (Phi) is 7.45. The summed E-state index contributed by atoms with van der Waals surface area (Å²) in [4.78, 5) is 1.96. The fourth-order valence-corrected chi connectivity index (χ4v) is 1.22. The summed E-state index contributed by atoms with van der Waals surface area (Å²) in [7, 11) is 0. The number of aliphatic hydroxyl groups excluding tert-OH is 1. The minimum atomic E-state index is 0.110. The van der Waals surface area contributed by atoms with Crippen molar-refractivity contribution in [2.75, 3.05) is 25.6 Å². The molecule has 0 aliphatic heterocycles. The highest BCUT2D eigenvalue weighted by Crippen LogP contribution is 2.05. The highest BCUT2D eigenvalue weighted by atomic mass is 35.5. The summed E-state index contributed by atoms with van der Waals surface area (Å²) in [6.07, 6.45) is 5.26. The van der Waals surface area contributed by atoms with Gasteiger partial charge in [-0.3, -0.25) is 0 Å². The fraction of sp³-hybridized carbons (Fsp3) is 0.400. The SMILES string of the molecule is C=CC=C(C=C)N(CCO)CCCl. The van der Waals surface area contributed by atoms with Gasteiger partial charge in [-0.25, -0.2) is 0 Å². The van der Waals surface area contributed by atoms with Crippen LogP contribution in [-0.2, 0) is 0 Å². The maximum atomic E-state index is 8.80. The zero-order valence-corrected chi connectivity index (χ0v) is 8.50. The van der Waals surface area contributed by atoms with Crippen LogP contribution in [0.4, 0.5) is 0 Å². The number of aliphatic hydroxyl groups is 1. The molecule has 0 heterocycles. The first-order valence-electron chi connectivity index (χ1n) is 4.17. The predicted octanol–water partition coefficient (Wildman–Crippen LogP) is 1.78. The molecule has 0 atom stereocenters. The van der Waals surface area contributed by atoms with Crippen LogP contribution in [0.15, 0.2) is 37.1 Å². The number of alkyl halides is 1. The molecular formula is C10H16ClNO. The largest absolute Gasteiger partial charge is 0.395 e. The van der Waals surface area contributed by atoms with E-state index in [9.17, 15) is 0 Å². The van der Waals surface area contributed by atoms with Crippen molar-refractivity contribution in [3.63, 3.8) is 0 Å². The molecule has 13 heavy (non-hydrogen) atoms. The average molecular weight is 202 g/mol. The number of nitrogens with zero attached hydrogens (tertiary/aromatic N) is 1. The molecule has 0 aromatic heterocycles. The molecular weight excluding hydrogens is 186 g/mol.